The molecular formula is C11H23N3O2. The van der Waals surface area contributed by atoms with Crippen LogP contribution in [-0.2, 0) is 4.74 Å². The summed E-state index contributed by atoms with van der Waals surface area (Å²) in [6, 6.07) is 0. The number of ether oxygens (including phenoxy) is 1. The van der Waals surface area contributed by atoms with Gasteiger partial charge in [0.2, 0.25) is 0 Å². The molecule has 16 heavy (non-hydrogen) atoms. The maximum absolute atomic E-state index is 8.35. The van der Waals surface area contributed by atoms with Crippen LogP contribution >= 0.6 is 0 Å². The van der Waals surface area contributed by atoms with Gasteiger partial charge in [0.15, 0.2) is 0 Å². The Balaban J connectivity index is 1.95. The highest BCUT2D eigenvalue weighted by Gasteiger charge is 2.28. The predicted molar refractivity (Wildman–Crippen MR) is 63.7 cm³/mol. The Kier molecular flexibility index (Phi) is 5.55. The molecular weight excluding hydrogens is 206 g/mol. The summed E-state index contributed by atoms with van der Waals surface area (Å²) in [5.74, 6) is 0.311. The zero-order chi connectivity index (χ0) is 11.9. The summed E-state index contributed by atoms with van der Waals surface area (Å²) in [6.45, 7) is 4.92. The van der Waals surface area contributed by atoms with Crippen LogP contribution in [-0.4, -0.2) is 36.3 Å². The first-order valence-electron chi connectivity index (χ1n) is 5.97. The number of nitrogens with one attached hydrogen (secondary N) is 1. The zero-order valence-corrected chi connectivity index (χ0v) is 10.0. The maximum atomic E-state index is 8.35. The molecule has 1 atom stereocenters. The Bertz CT molecular complexity index is 225. The molecule has 0 spiro atoms. The summed E-state index contributed by atoms with van der Waals surface area (Å²) < 4.78 is 5.67. The van der Waals surface area contributed by atoms with E-state index in [-0.39, 0.29) is 5.60 Å². The summed E-state index contributed by atoms with van der Waals surface area (Å²) in [6.07, 6.45) is 4.95. The van der Waals surface area contributed by atoms with Crippen LogP contribution < -0.4 is 11.1 Å². The van der Waals surface area contributed by atoms with Crippen molar-refractivity contribution >= 4 is 5.84 Å². The quantitative estimate of drug-likeness (QED) is 0.200. The van der Waals surface area contributed by atoms with Crippen molar-refractivity contribution in [1.82, 2.24) is 5.32 Å². The van der Waals surface area contributed by atoms with Gasteiger partial charge in [-0.1, -0.05) is 5.16 Å². The standard InChI is InChI=1S/C11H23N3O2/c1-11(6-4-8-16-11)9-13-7-3-2-5-10(12)14-15/h13,15H,2-9H2,1H3,(H2,12,14). The molecule has 5 heteroatoms. The molecule has 0 bridgehead atoms. The normalized spacial score (nSPS) is 26.2. The number of hydrogen-bond acceptors (Lipinski definition) is 4. The van der Waals surface area contributed by atoms with Crippen LogP contribution in [0.5, 0.6) is 0 Å². The second-order valence-corrected chi connectivity index (χ2v) is 4.63. The van der Waals surface area contributed by atoms with E-state index >= 15 is 0 Å². The fraction of sp³-hybridized carbons (Fsp3) is 0.909. The van der Waals surface area contributed by atoms with Crippen LogP contribution in [0.15, 0.2) is 5.16 Å². The largest absolute Gasteiger partial charge is 0.409 e. The Labute approximate surface area is 97.0 Å². The smallest absolute Gasteiger partial charge is 0.139 e. The van der Waals surface area contributed by atoms with Crippen LogP contribution in [0.2, 0.25) is 0 Å². The minimum Gasteiger partial charge on any atom is -0.409 e. The summed E-state index contributed by atoms with van der Waals surface area (Å²) >= 11 is 0. The zero-order valence-electron chi connectivity index (χ0n) is 10.0. The first-order chi connectivity index (χ1) is 7.66. The highest BCUT2D eigenvalue weighted by molar-refractivity contribution is 5.79. The van der Waals surface area contributed by atoms with Crippen molar-refractivity contribution < 1.29 is 9.94 Å². The summed E-state index contributed by atoms with van der Waals surface area (Å²) in [5.41, 5.74) is 5.40. The van der Waals surface area contributed by atoms with Gasteiger partial charge in [-0.3, -0.25) is 0 Å². The van der Waals surface area contributed by atoms with E-state index in [2.05, 4.69) is 17.4 Å². The minimum absolute atomic E-state index is 0.0333. The van der Waals surface area contributed by atoms with Crippen LogP contribution in [0.1, 0.15) is 39.0 Å². The number of amidine groups is 1. The Morgan fingerprint density at radius 3 is 3.00 bits per heavy atom. The molecule has 0 radical (unpaired) electrons. The summed E-state index contributed by atoms with van der Waals surface area (Å²) in [4.78, 5) is 0. The average Bonchev–Trinajstić information content (AvgIpc) is 2.70. The van der Waals surface area contributed by atoms with Gasteiger partial charge in [0.1, 0.15) is 5.84 Å². The lowest BCUT2D eigenvalue weighted by molar-refractivity contribution is 0.0210. The van der Waals surface area contributed by atoms with Gasteiger partial charge < -0.3 is 21.0 Å². The second-order valence-electron chi connectivity index (χ2n) is 4.63. The van der Waals surface area contributed by atoms with Crippen LogP contribution in [0, 0.1) is 0 Å². The van der Waals surface area contributed by atoms with Crippen molar-refractivity contribution in [3.63, 3.8) is 0 Å². The Morgan fingerprint density at radius 2 is 2.38 bits per heavy atom. The summed E-state index contributed by atoms with van der Waals surface area (Å²) in [5, 5.41) is 14.7. The molecule has 1 fully saturated rings. The SMILES string of the molecule is CC1(CNCCCCC(N)=NO)CCCO1. The van der Waals surface area contributed by atoms with Crippen molar-refractivity contribution in [2.75, 3.05) is 19.7 Å². The molecule has 0 saturated carbocycles. The molecule has 1 saturated heterocycles. The van der Waals surface area contributed by atoms with Crippen molar-refractivity contribution in [3.05, 3.63) is 0 Å². The maximum Gasteiger partial charge on any atom is 0.139 e. The van der Waals surface area contributed by atoms with Crippen molar-refractivity contribution in [2.45, 2.75) is 44.6 Å². The van der Waals surface area contributed by atoms with Gasteiger partial charge >= 0.3 is 0 Å². The highest BCUT2D eigenvalue weighted by atomic mass is 16.5. The fourth-order valence-corrected chi connectivity index (χ4v) is 1.94. The molecule has 0 amide bonds. The summed E-state index contributed by atoms with van der Waals surface area (Å²) in [7, 11) is 0. The first kappa shape index (κ1) is 13.3. The van der Waals surface area contributed by atoms with E-state index < -0.39 is 0 Å². The number of hydrogen-bond donors (Lipinski definition) is 3. The van der Waals surface area contributed by atoms with Crippen molar-refractivity contribution in [1.29, 1.82) is 0 Å². The second kappa shape index (κ2) is 6.70. The molecule has 1 aliphatic heterocycles. The Hall–Kier alpha value is -0.810. The number of nitrogens with two attached hydrogens (primary N) is 1. The molecule has 1 rings (SSSR count). The van der Waals surface area contributed by atoms with Crippen LogP contribution in [0.3, 0.4) is 0 Å². The van der Waals surface area contributed by atoms with Gasteiger partial charge in [-0.25, -0.2) is 0 Å². The molecule has 5 nitrogen and oxygen atoms in total. The molecule has 1 aliphatic rings. The van der Waals surface area contributed by atoms with Gasteiger partial charge in [0.25, 0.3) is 0 Å². The Morgan fingerprint density at radius 1 is 1.56 bits per heavy atom. The molecule has 4 N–H and O–H groups in total. The predicted octanol–water partition coefficient (Wildman–Crippen LogP) is 1.06. The van der Waals surface area contributed by atoms with Gasteiger partial charge in [0.05, 0.1) is 5.60 Å². The average molecular weight is 229 g/mol. The molecule has 1 unspecified atom stereocenters. The van der Waals surface area contributed by atoms with Crippen LogP contribution in [0.4, 0.5) is 0 Å². The minimum atomic E-state index is 0.0333. The van der Waals surface area contributed by atoms with E-state index in [0.717, 1.165) is 39.0 Å². The monoisotopic (exact) mass is 229 g/mol. The van der Waals surface area contributed by atoms with Crippen molar-refractivity contribution in [3.8, 4) is 0 Å². The molecule has 0 aromatic rings. The lowest BCUT2D eigenvalue weighted by Crippen LogP contribution is -2.37. The molecule has 1 heterocycles. The number of oxime groups is 1. The lowest BCUT2D eigenvalue weighted by Gasteiger charge is -2.23. The first-order valence-corrected chi connectivity index (χ1v) is 5.97. The third-order valence-corrected chi connectivity index (χ3v) is 2.96. The van der Waals surface area contributed by atoms with E-state index in [1.165, 1.54) is 6.42 Å². The number of nitrogens with zero attached hydrogens (tertiary/aromatic N) is 1. The van der Waals surface area contributed by atoms with Gasteiger partial charge in [-0.05, 0) is 39.2 Å². The fourth-order valence-electron chi connectivity index (χ4n) is 1.94. The molecule has 0 aromatic heterocycles. The van der Waals surface area contributed by atoms with Crippen LogP contribution in [0.25, 0.3) is 0 Å². The third-order valence-electron chi connectivity index (χ3n) is 2.96. The van der Waals surface area contributed by atoms with Crippen molar-refractivity contribution in [2.24, 2.45) is 10.9 Å². The molecule has 0 aromatic carbocycles. The molecule has 0 aliphatic carbocycles. The van der Waals surface area contributed by atoms with E-state index in [9.17, 15) is 0 Å². The van der Waals surface area contributed by atoms with Gasteiger partial charge in [0, 0.05) is 19.6 Å². The van der Waals surface area contributed by atoms with E-state index in [1.807, 2.05) is 0 Å². The number of rotatable bonds is 7. The van der Waals surface area contributed by atoms with Gasteiger partial charge in [-0.15, -0.1) is 0 Å². The highest BCUT2D eigenvalue weighted by Crippen LogP contribution is 2.23. The van der Waals surface area contributed by atoms with E-state index in [0.29, 0.717) is 12.3 Å². The number of unbranched alkanes of at least 4 members (excludes halogenated alkanes) is 1. The third kappa shape index (κ3) is 4.81. The van der Waals surface area contributed by atoms with Gasteiger partial charge in [-0.2, -0.15) is 0 Å². The van der Waals surface area contributed by atoms with E-state index in [4.69, 9.17) is 15.7 Å². The van der Waals surface area contributed by atoms with E-state index in [1.54, 1.807) is 0 Å². The molecule has 94 valence electrons. The lowest BCUT2D eigenvalue weighted by atomic mass is 10.0. The topological polar surface area (TPSA) is 79.9 Å².